The first-order valence-electron chi connectivity index (χ1n) is 7.84. The Morgan fingerprint density at radius 2 is 1.90 bits per heavy atom. The second kappa shape index (κ2) is 7.41. The van der Waals surface area contributed by atoms with Gasteiger partial charge in [-0.1, -0.05) is 56.6 Å². The fraction of sp³-hybridized carbons (Fsp3) is 0.500. The number of rotatable bonds is 7. The van der Waals surface area contributed by atoms with Gasteiger partial charge in [0.2, 0.25) is 0 Å². The Kier molecular flexibility index (Phi) is 5.57. The third kappa shape index (κ3) is 4.43. The molecule has 0 spiro atoms. The molecule has 3 heteroatoms. The third-order valence-electron chi connectivity index (χ3n) is 3.72. The zero-order chi connectivity index (χ0) is 15.2. The van der Waals surface area contributed by atoms with Crippen molar-refractivity contribution in [3.8, 4) is 0 Å². The van der Waals surface area contributed by atoms with Crippen LogP contribution >= 0.6 is 0 Å². The van der Waals surface area contributed by atoms with Crippen LogP contribution in [-0.4, -0.2) is 5.16 Å². The van der Waals surface area contributed by atoms with Gasteiger partial charge in [0, 0.05) is 18.7 Å². The lowest BCUT2D eigenvalue weighted by Crippen LogP contribution is -2.25. The van der Waals surface area contributed by atoms with E-state index in [1.54, 1.807) is 0 Å². The molecule has 21 heavy (non-hydrogen) atoms. The van der Waals surface area contributed by atoms with Crippen molar-refractivity contribution < 1.29 is 4.52 Å². The maximum atomic E-state index is 5.12. The van der Waals surface area contributed by atoms with E-state index >= 15 is 0 Å². The summed E-state index contributed by atoms with van der Waals surface area (Å²) in [5.74, 6) is 1.38. The highest BCUT2D eigenvalue weighted by atomic mass is 16.5. The van der Waals surface area contributed by atoms with Crippen molar-refractivity contribution in [2.75, 3.05) is 0 Å². The van der Waals surface area contributed by atoms with Gasteiger partial charge in [0.05, 0.1) is 5.69 Å². The van der Waals surface area contributed by atoms with Crippen LogP contribution in [0.2, 0.25) is 0 Å². The van der Waals surface area contributed by atoms with Crippen LogP contribution in [0.25, 0.3) is 0 Å². The largest absolute Gasteiger partial charge is 0.361 e. The molecule has 0 aliphatic rings. The van der Waals surface area contributed by atoms with Gasteiger partial charge >= 0.3 is 0 Å². The van der Waals surface area contributed by atoms with E-state index in [9.17, 15) is 0 Å². The summed E-state index contributed by atoms with van der Waals surface area (Å²) in [6.45, 7) is 9.35. The molecule has 0 amide bonds. The average molecular weight is 286 g/mol. The first kappa shape index (κ1) is 15.8. The zero-order valence-electron chi connectivity index (χ0n) is 13.5. The fourth-order valence-corrected chi connectivity index (χ4v) is 2.63. The molecule has 0 saturated carbocycles. The molecule has 1 unspecified atom stereocenters. The summed E-state index contributed by atoms with van der Waals surface area (Å²) >= 11 is 0. The Balaban J connectivity index is 2.04. The Morgan fingerprint density at radius 3 is 2.43 bits per heavy atom. The molecule has 2 aromatic rings. The van der Waals surface area contributed by atoms with Crippen LogP contribution in [0.1, 0.15) is 55.8 Å². The van der Waals surface area contributed by atoms with Crippen molar-refractivity contribution in [3.05, 3.63) is 52.9 Å². The number of benzene rings is 1. The van der Waals surface area contributed by atoms with Crippen molar-refractivity contribution in [1.29, 1.82) is 0 Å². The maximum Gasteiger partial charge on any atom is 0.133 e. The van der Waals surface area contributed by atoms with Gasteiger partial charge in [-0.2, -0.15) is 0 Å². The van der Waals surface area contributed by atoms with E-state index < -0.39 is 0 Å². The summed E-state index contributed by atoms with van der Waals surface area (Å²) in [4.78, 5) is 0. The van der Waals surface area contributed by atoms with Gasteiger partial charge in [-0.3, -0.25) is 0 Å². The minimum absolute atomic E-state index is 0.331. The molecule has 1 aromatic carbocycles. The normalized spacial score (nSPS) is 12.8. The van der Waals surface area contributed by atoms with E-state index in [0.29, 0.717) is 12.0 Å². The number of hydrogen-bond acceptors (Lipinski definition) is 3. The van der Waals surface area contributed by atoms with Gasteiger partial charge < -0.3 is 9.84 Å². The SMILES string of the molecule is CCCc1ccc(C(NCc2cc(C)on2)C(C)C)cc1. The van der Waals surface area contributed by atoms with Crippen molar-refractivity contribution in [2.24, 2.45) is 5.92 Å². The zero-order valence-corrected chi connectivity index (χ0v) is 13.5. The predicted molar refractivity (Wildman–Crippen MR) is 86.1 cm³/mol. The Bertz CT molecular complexity index is 543. The number of aryl methyl sites for hydroxylation is 2. The van der Waals surface area contributed by atoms with E-state index in [1.807, 2.05) is 13.0 Å². The molecule has 0 bridgehead atoms. The Hall–Kier alpha value is -1.61. The van der Waals surface area contributed by atoms with Crippen LogP contribution in [0.5, 0.6) is 0 Å². The second-order valence-corrected chi connectivity index (χ2v) is 6.02. The minimum Gasteiger partial charge on any atom is -0.361 e. The molecule has 1 atom stereocenters. The van der Waals surface area contributed by atoms with Crippen molar-refractivity contribution in [1.82, 2.24) is 10.5 Å². The lowest BCUT2D eigenvalue weighted by molar-refractivity contribution is 0.373. The van der Waals surface area contributed by atoms with E-state index in [0.717, 1.165) is 24.4 Å². The average Bonchev–Trinajstić information content (AvgIpc) is 2.86. The van der Waals surface area contributed by atoms with Crippen LogP contribution in [-0.2, 0) is 13.0 Å². The molecule has 0 aliphatic heterocycles. The van der Waals surface area contributed by atoms with Crippen LogP contribution in [0.3, 0.4) is 0 Å². The summed E-state index contributed by atoms with van der Waals surface area (Å²) in [6, 6.07) is 11.3. The van der Waals surface area contributed by atoms with Crippen LogP contribution in [0.4, 0.5) is 0 Å². The first-order valence-corrected chi connectivity index (χ1v) is 7.84. The molecular formula is C18H26N2O. The van der Waals surface area contributed by atoms with E-state index in [4.69, 9.17) is 4.52 Å². The Labute approximate surface area is 127 Å². The number of aromatic nitrogens is 1. The quantitative estimate of drug-likeness (QED) is 0.818. The van der Waals surface area contributed by atoms with Gasteiger partial charge in [0.25, 0.3) is 0 Å². The predicted octanol–water partition coefficient (Wildman–Crippen LogP) is 4.42. The van der Waals surface area contributed by atoms with Crippen LogP contribution < -0.4 is 5.32 Å². The number of nitrogens with zero attached hydrogens (tertiary/aromatic N) is 1. The maximum absolute atomic E-state index is 5.12. The van der Waals surface area contributed by atoms with Crippen LogP contribution in [0, 0.1) is 12.8 Å². The molecule has 114 valence electrons. The lowest BCUT2D eigenvalue weighted by atomic mass is 9.94. The molecular weight excluding hydrogens is 260 g/mol. The summed E-state index contributed by atoms with van der Waals surface area (Å²) in [6.07, 6.45) is 2.34. The monoisotopic (exact) mass is 286 g/mol. The van der Waals surface area contributed by atoms with Gasteiger partial charge in [-0.25, -0.2) is 0 Å². The minimum atomic E-state index is 0.331. The highest BCUT2D eigenvalue weighted by Crippen LogP contribution is 2.23. The Morgan fingerprint density at radius 1 is 1.19 bits per heavy atom. The summed E-state index contributed by atoms with van der Waals surface area (Å²) < 4.78 is 5.12. The van der Waals surface area contributed by atoms with Crippen molar-refractivity contribution >= 4 is 0 Å². The molecule has 0 radical (unpaired) electrons. The topological polar surface area (TPSA) is 38.1 Å². The highest BCUT2D eigenvalue weighted by Gasteiger charge is 2.15. The van der Waals surface area contributed by atoms with E-state index in [-0.39, 0.29) is 0 Å². The van der Waals surface area contributed by atoms with Crippen LogP contribution in [0.15, 0.2) is 34.9 Å². The number of hydrogen-bond donors (Lipinski definition) is 1. The molecule has 2 rings (SSSR count). The molecule has 1 N–H and O–H groups in total. The van der Waals surface area contributed by atoms with Crippen molar-refractivity contribution in [3.63, 3.8) is 0 Å². The summed E-state index contributed by atoms with van der Waals surface area (Å²) in [5, 5.41) is 7.64. The summed E-state index contributed by atoms with van der Waals surface area (Å²) in [7, 11) is 0. The first-order chi connectivity index (χ1) is 10.1. The molecule has 0 aliphatic carbocycles. The molecule has 1 heterocycles. The van der Waals surface area contributed by atoms with Gasteiger partial charge in [-0.05, 0) is 30.4 Å². The smallest absolute Gasteiger partial charge is 0.133 e. The fourth-order valence-electron chi connectivity index (χ4n) is 2.63. The molecule has 0 fully saturated rings. The van der Waals surface area contributed by atoms with Crippen molar-refractivity contribution in [2.45, 2.75) is 53.1 Å². The standard InChI is InChI=1S/C18H26N2O/c1-5-6-15-7-9-16(10-8-15)18(13(2)3)19-12-17-11-14(4)21-20-17/h7-11,13,18-19H,5-6,12H2,1-4H3. The molecule has 3 nitrogen and oxygen atoms in total. The number of nitrogens with one attached hydrogen (secondary N) is 1. The van der Waals surface area contributed by atoms with Gasteiger partial charge in [0.15, 0.2) is 0 Å². The van der Waals surface area contributed by atoms with E-state index in [2.05, 4.69) is 55.5 Å². The summed E-state index contributed by atoms with van der Waals surface area (Å²) in [5.41, 5.74) is 3.71. The second-order valence-electron chi connectivity index (χ2n) is 6.02. The highest BCUT2D eigenvalue weighted by molar-refractivity contribution is 5.25. The molecule has 0 saturated heterocycles. The van der Waals surface area contributed by atoms with Gasteiger partial charge in [-0.15, -0.1) is 0 Å². The third-order valence-corrected chi connectivity index (χ3v) is 3.72. The van der Waals surface area contributed by atoms with E-state index in [1.165, 1.54) is 17.5 Å². The lowest BCUT2D eigenvalue weighted by Gasteiger charge is -2.22. The molecule has 1 aromatic heterocycles. The van der Waals surface area contributed by atoms with Gasteiger partial charge in [0.1, 0.15) is 5.76 Å².